The minimum atomic E-state index is 0.373. The maximum Gasteiger partial charge on any atom is 0.0103 e. The summed E-state index contributed by atoms with van der Waals surface area (Å²) in [6, 6.07) is 0.373. The lowest BCUT2D eigenvalue weighted by molar-refractivity contribution is 0.521. The predicted molar refractivity (Wildman–Crippen MR) is 64.0 cm³/mol. The van der Waals surface area contributed by atoms with Crippen molar-refractivity contribution in [2.45, 2.75) is 71.3 Å². The first-order chi connectivity index (χ1) is 6.81. The van der Waals surface area contributed by atoms with Crippen LogP contribution in [0.4, 0.5) is 0 Å². The molecule has 0 aromatic rings. The van der Waals surface area contributed by atoms with Gasteiger partial charge >= 0.3 is 0 Å². The van der Waals surface area contributed by atoms with E-state index in [2.05, 4.69) is 18.8 Å². The largest absolute Gasteiger partial charge is 0.328 e. The molecule has 2 N–H and O–H groups in total. The van der Waals surface area contributed by atoms with E-state index in [-0.39, 0.29) is 0 Å². The molecule has 82 valence electrons. The van der Waals surface area contributed by atoms with Crippen molar-refractivity contribution >= 4 is 0 Å². The van der Waals surface area contributed by atoms with Gasteiger partial charge in [-0.3, -0.25) is 0 Å². The van der Waals surface area contributed by atoms with Crippen LogP contribution in [0.3, 0.4) is 0 Å². The molecule has 0 aromatic carbocycles. The molecular weight excluding hydrogens is 170 g/mol. The number of unbranched alkanes of at least 4 members (excludes halogenated alkanes) is 4. The van der Waals surface area contributed by atoms with Crippen LogP contribution in [0.15, 0.2) is 0 Å². The van der Waals surface area contributed by atoms with Crippen LogP contribution in [-0.4, -0.2) is 6.04 Å². The summed E-state index contributed by atoms with van der Waals surface area (Å²) in [5.41, 5.74) is 5.96. The van der Waals surface area contributed by atoms with Crippen molar-refractivity contribution in [2.75, 3.05) is 0 Å². The molecule has 0 heterocycles. The summed E-state index contributed by atoms with van der Waals surface area (Å²) < 4.78 is 0. The number of rotatable bonds is 8. The van der Waals surface area contributed by atoms with E-state index < -0.39 is 0 Å². The fourth-order valence-corrected chi connectivity index (χ4v) is 1.54. The minimum absolute atomic E-state index is 0.373. The Hall–Kier alpha value is -0.480. The Balaban J connectivity index is 3.16. The molecule has 0 aromatic heterocycles. The second-order valence-corrected chi connectivity index (χ2v) is 3.93. The van der Waals surface area contributed by atoms with Crippen molar-refractivity contribution in [3.05, 3.63) is 0 Å². The number of hydrogen-bond acceptors (Lipinski definition) is 1. The molecule has 0 spiro atoms. The Kier molecular flexibility index (Phi) is 10.2. The second kappa shape index (κ2) is 10.6. The zero-order valence-corrected chi connectivity index (χ0v) is 9.81. The molecule has 0 aliphatic rings. The maximum atomic E-state index is 5.96. The molecule has 0 aliphatic carbocycles. The highest BCUT2D eigenvalue weighted by atomic mass is 14.6. The van der Waals surface area contributed by atoms with Crippen LogP contribution in [-0.2, 0) is 0 Å². The zero-order valence-electron chi connectivity index (χ0n) is 9.81. The van der Waals surface area contributed by atoms with E-state index in [1.807, 2.05) is 6.92 Å². The van der Waals surface area contributed by atoms with Gasteiger partial charge in [-0.15, -0.1) is 11.8 Å². The van der Waals surface area contributed by atoms with Crippen molar-refractivity contribution in [3.8, 4) is 11.8 Å². The lowest BCUT2D eigenvalue weighted by Crippen LogP contribution is -2.19. The summed E-state index contributed by atoms with van der Waals surface area (Å²) in [5.74, 6) is 5.96. The average Bonchev–Trinajstić information content (AvgIpc) is 2.18. The first-order valence-electron chi connectivity index (χ1n) is 5.96. The summed E-state index contributed by atoms with van der Waals surface area (Å²) >= 11 is 0. The Labute approximate surface area is 89.5 Å². The van der Waals surface area contributed by atoms with Gasteiger partial charge in [0.05, 0.1) is 0 Å². The second-order valence-electron chi connectivity index (χ2n) is 3.93. The summed E-state index contributed by atoms with van der Waals surface area (Å²) in [6.07, 6.45) is 9.91. The summed E-state index contributed by atoms with van der Waals surface area (Å²) in [5, 5.41) is 0. The SMILES string of the molecule is CC#CCCC(N)CCCCCCC. The normalized spacial score (nSPS) is 11.9. The van der Waals surface area contributed by atoms with Crippen molar-refractivity contribution in [1.82, 2.24) is 0 Å². The average molecular weight is 195 g/mol. The Morgan fingerprint density at radius 1 is 1.07 bits per heavy atom. The smallest absolute Gasteiger partial charge is 0.0103 e. The highest BCUT2D eigenvalue weighted by molar-refractivity contribution is 4.95. The molecule has 0 amide bonds. The lowest BCUT2D eigenvalue weighted by atomic mass is 10.0. The Morgan fingerprint density at radius 2 is 1.79 bits per heavy atom. The molecule has 1 heteroatoms. The first kappa shape index (κ1) is 13.5. The lowest BCUT2D eigenvalue weighted by Gasteiger charge is -2.08. The summed E-state index contributed by atoms with van der Waals surface area (Å²) in [6.45, 7) is 4.13. The highest BCUT2D eigenvalue weighted by Gasteiger charge is 2.00. The molecule has 1 unspecified atom stereocenters. The zero-order chi connectivity index (χ0) is 10.6. The van der Waals surface area contributed by atoms with Gasteiger partial charge in [0.15, 0.2) is 0 Å². The van der Waals surface area contributed by atoms with Crippen LogP contribution in [0.25, 0.3) is 0 Å². The van der Waals surface area contributed by atoms with E-state index in [1.54, 1.807) is 0 Å². The molecule has 0 rings (SSSR count). The molecule has 0 fully saturated rings. The minimum Gasteiger partial charge on any atom is -0.328 e. The summed E-state index contributed by atoms with van der Waals surface area (Å²) in [4.78, 5) is 0. The predicted octanol–water partition coefficient (Wildman–Crippen LogP) is 3.48. The van der Waals surface area contributed by atoms with Crippen LogP contribution in [0.5, 0.6) is 0 Å². The standard InChI is InChI=1S/C13H25N/c1-3-5-7-8-10-12-13(14)11-9-6-4-2/h13H,3,5,7-12,14H2,1-2H3. The summed E-state index contributed by atoms with van der Waals surface area (Å²) in [7, 11) is 0. The third-order valence-corrected chi connectivity index (χ3v) is 2.50. The van der Waals surface area contributed by atoms with Crippen LogP contribution < -0.4 is 5.73 Å². The van der Waals surface area contributed by atoms with Crippen molar-refractivity contribution in [3.63, 3.8) is 0 Å². The monoisotopic (exact) mass is 195 g/mol. The third-order valence-electron chi connectivity index (χ3n) is 2.50. The van der Waals surface area contributed by atoms with Gasteiger partial charge in [0.2, 0.25) is 0 Å². The molecule has 0 aliphatic heterocycles. The molecule has 0 saturated heterocycles. The van der Waals surface area contributed by atoms with Crippen molar-refractivity contribution in [2.24, 2.45) is 5.73 Å². The van der Waals surface area contributed by atoms with Gasteiger partial charge in [0.25, 0.3) is 0 Å². The maximum absolute atomic E-state index is 5.96. The Morgan fingerprint density at radius 3 is 2.43 bits per heavy atom. The first-order valence-corrected chi connectivity index (χ1v) is 5.96. The topological polar surface area (TPSA) is 26.0 Å². The van der Waals surface area contributed by atoms with Gasteiger partial charge in [-0.05, 0) is 19.8 Å². The van der Waals surface area contributed by atoms with E-state index in [0.717, 1.165) is 12.8 Å². The van der Waals surface area contributed by atoms with E-state index in [9.17, 15) is 0 Å². The van der Waals surface area contributed by atoms with Gasteiger partial charge in [0, 0.05) is 12.5 Å². The van der Waals surface area contributed by atoms with Gasteiger partial charge in [-0.2, -0.15) is 0 Å². The van der Waals surface area contributed by atoms with Crippen LogP contribution >= 0.6 is 0 Å². The van der Waals surface area contributed by atoms with Crippen LogP contribution in [0.1, 0.15) is 65.2 Å². The molecule has 0 bridgehead atoms. The highest BCUT2D eigenvalue weighted by Crippen LogP contribution is 2.08. The van der Waals surface area contributed by atoms with Gasteiger partial charge < -0.3 is 5.73 Å². The van der Waals surface area contributed by atoms with E-state index >= 15 is 0 Å². The molecular formula is C13H25N. The fourth-order valence-electron chi connectivity index (χ4n) is 1.54. The molecule has 1 nitrogen and oxygen atoms in total. The van der Waals surface area contributed by atoms with E-state index in [1.165, 1.54) is 38.5 Å². The molecule has 1 atom stereocenters. The van der Waals surface area contributed by atoms with Crippen molar-refractivity contribution < 1.29 is 0 Å². The number of hydrogen-bond donors (Lipinski definition) is 1. The third kappa shape index (κ3) is 9.61. The molecule has 0 saturated carbocycles. The van der Waals surface area contributed by atoms with Gasteiger partial charge in [-0.1, -0.05) is 39.0 Å². The fraction of sp³-hybridized carbons (Fsp3) is 0.846. The molecule has 0 radical (unpaired) electrons. The number of nitrogens with two attached hydrogens (primary N) is 1. The van der Waals surface area contributed by atoms with Gasteiger partial charge in [0.1, 0.15) is 0 Å². The Bertz CT molecular complexity index is 164. The van der Waals surface area contributed by atoms with E-state index in [0.29, 0.717) is 6.04 Å². The van der Waals surface area contributed by atoms with Crippen LogP contribution in [0.2, 0.25) is 0 Å². The van der Waals surface area contributed by atoms with Crippen molar-refractivity contribution in [1.29, 1.82) is 0 Å². The van der Waals surface area contributed by atoms with Crippen LogP contribution in [0, 0.1) is 11.8 Å². The van der Waals surface area contributed by atoms with Gasteiger partial charge in [-0.25, -0.2) is 0 Å². The van der Waals surface area contributed by atoms with E-state index in [4.69, 9.17) is 5.73 Å². The quantitative estimate of drug-likeness (QED) is 0.466. The molecule has 14 heavy (non-hydrogen) atoms.